The predicted octanol–water partition coefficient (Wildman–Crippen LogP) is 2.69. The number of hydrogen-bond donors (Lipinski definition) is 2. The van der Waals surface area contributed by atoms with E-state index >= 15 is 0 Å². The summed E-state index contributed by atoms with van der Waals surface area (Å²) >= 11 is 0. The summed E-state index contributed by atoms with van der Waals surface area (Å²) in [6.45, 7) is 8.98. The van der Waals surface area contributed by atoms with Crippen LogP contribution in [-0.2, 0) is 15.4 Å². The first-order valence-corrected chi connectivity index (χ1v) is 11.3. The highest BCUT2D eigenvalue weighted by atomic mass is 32.2. The lowest BCUT2D eigenvalue weighted by atomic mass is 9.84. The molecule has 0 spiro atoms. The summed E-state index contributed by atoms with van der Waals surface area (Å²) in [6, 6.07) is 8.91. The molecule has 2 aromatic rings. The third kappa shape index (κ3) is 4.44. The zero-order valence-corrected chi connectivity index (χ0v) is 18.8. The maximum Gasteiger partial charge on any atom is 0.251 e. The van der Waals surface area contributed by atoms with Gasteiger partial charge in [0.1, 0.15) is 13.2 Å². The molecule has 30 heavy (non-hydrogen) atoms. The van der Waals surface area contributed by atoms with Gasteiger partial charge in [-0.15, -0.1) is 0 Å². The Labute approximate surface area is 177 Å². The van der Waals surface area contributed by atoms with Crippen LogP contribution in [0.25, 0.3) is 0 Å². The summed E-state index contributed by atoms with van der Waals surface area (Å²) in [6.07, 6.45) is 0. The van der Waals surface area contributed by atoms with Gasteiger partial charge in [-0.1, -0.05) is 19.9 Å². The van der Waals surface area contributed by atoms with Crippen molar-refractivity contribution in [1.82, 2.24) is 10.0 Å². The minimum atomic E-state index is -3.66. The van der Waals surface area contributed by atoms with Gasteiger partial charge in [-0.25, -0.2) is 13.1 Å². The zero-order valence-electron chi connectivity index (χ0n) is 18.0. The normalized spacial score (nSPS) is 13.8. The van der Waals surface area contributed by atoms with Gasteiger partial charge in [0.05, 0.1) is 4.90 Å². The van der Waals surface area contributed by atoms with Crippen molar-refractivity contribution < 1.29 is 22.7 Å². The Bertz CT molecular complexity index is 1080. The molecule has 0 bridgehead atoms. The highest BCUT2D eigenvalue weighted by molar-refractivity contribution is 7.89. The van der Waals surface area contributed by atoms with E-state index in [9.17, 15) is 13.2 Å². The lowest BCUT2D eigenvalue weighted by molar-refractivity contribution is 0.0945. The van der Waals surface area contributed by atoms with Crippen molar-refractivity contribution in [2.24, 2.45) is 0 Å². The van der Waals surface area contributed by atoms with Crippen molar-refractivity contribution in [2.75, 3.05) is 26.8 Å². The molecule has 7 nitrogen and oxygen atoms in total. The number of sulfonamides is 1. The number of rotatable bonds is 6. The van der Waals surface area contributed by atoms with Crippen molar-refractivity contribution in [3.8, 4) is 11.5 Å². The Morgan fingerprint density at radius 2 is 1.73 bits per heavy atom. The van der Waals surface area contributed by atoms with Gasteiger partial charge in [0.25, 0.3) is 5.91 Å². The summed E-state index contributed by atoms with van der Waals surface area (Å²) in [5.74, 6) is 1.10. The molecule has 8 heteroatoms. The van der Waals surface area contributed by atoms with Crippen molar-refractivity contribution in [2.45, 2.75) is 38.0 Å². The molecule has 0 aromatic heterocycles. The van der Waals surface area contributed by atoms with Crippen molar-refractivity contribution in [3.05, 3.63) is 52.6 Å². The molecule has 0 saturated carbocycles. The molecule has 1 heterocycles. The predicted molar refractivity (Wildman–Crippen MR) is 115 cm³/mol. The van der Waals surface area contributed by atoms with Gasteiger partial charge in [-0.2, -0.15) is 0 Å². The topological polar surface area (TPSA) is 93.7 Å². The standard InChI is InChI=1S/C22H28N2O5S/c1-14-10-16(11-20(15(14)2)30(26,27)23-5)21(25)24-13-22(3,4)17-6-7-18-19(12-17)29-9-8-28-18/h6-7,10-12,23H,8-9,13H2,1-5H3,(H,24,25). The average molecular weight is 433 g/mol. The highest BCUT2D eigenvalue weighted by Gasteiger charge is 2.25. The summed E-state index contributed by atoms with van der Waals surface area (Å²) in [5, 5.41) is 2.93. The molecule has 0 radical (unpaired) electrons. The smallest absolute Gasteiger partial charge is 0.251 e. The summed E-state index contributed by atoms with van der Waals surface area (Å²) in [4.78, 5) is 12.9. The second-order valence-electron chi connectivity index (χ2n) is 8.05. The Hall–Kier alpha value is -2.58. The van der Waals surface area contributed by atoms with E-state index in [2.05, 4.69) is 10.0 Å². The van der Waals surface area contributed by atoms with Gasteiger partial charge >= 0.3 is 0 Å². The second-order valence-corrected chi connectivity index (χ2v) is 9.90. The van der Waals surface area contributed by atoms with Gasteiger partial charge in [-0.05, 0) is 61.9 Å². The number of nitrogens with one attached hydrogen (secondary N) is 2. The maximum atomic E-state index is 12.8. The zero-order chi connectivity index (χ0) is 22.1. The SMILES string of the molecule is CNS(=O)(=O)c1cc(C(=O)NCC(C)(C)c2ccc3c(c2)OCCO3)cc(C)c1C. The summed E-state index contributed by atoms with van der Waals surface area (Å²) in [7, 11) is -2.30. The minimum absolute atomic E-state index is 0.112. The van der Waals surface area contributed by atoms with E-state index in [1.807, 2.05) is 32.0 Å². The Morgan fingerprint density at radius 3 is 2.40 bits per heavy atom. The first-order valence-electron chi connectivity index (χ1n) is 9.78. The molecule has 0 saturated heterocycles. The Kier molecular flexibility index (Phi) is 6.10. The van der Waals surface area contributed by atoms with E-state index in [4.69, 9.17) is 9.47 Å². The fraction of sp³-hybridized carbons (Fsp3) is 0.409. The molecule has 1 amide bonds. The molecule has 0 unspecified atom stereocenters. The Balaban J connectivity index is 1.80. The monoisotopic (exact) mass is 432 g/mol. The van der Waals surface area contributed by atoms with Crippen LogP contribution in [0.15, 0.2) is 35.2 Å². The first kappa shape index (κ1) is 22.1. The third-order valence-corrected chi connectivity index (χ3v) is 7.00. The largest absolute Gasteiger partial charge is 0.486 e. The quantitative estimate of drug-likeness (QED) is 0.732. The molecule has 162 valence electrons. The lowest BCUT2D eigenvalue weighted by Crippen LogP contribution is -2.37. The molecule has 1 aliphatic rings. The molecule has 1 aliphatic heterocycles. The van der Waals surface area contributed by atoms with Crippen LogP contribution in [0, 0.1) is 13.8 Å². The van der Waals surface area contributed by atoms with Gasteiger partial charge in [0, 0.05) is 17.5 Å². The van der Waals surface area contributed by atoms with Crippen LogP contribution in [0.3, 0.4) is 0 Å². The number of amides is 1. The van der Waals surface area contributed by atoms with Crippen LogP contribution in [0.4, 0.5) is 0 Å². The number of carbonyl (C=O) groups excluding carboxylic acids is 1. The molecule has 2 N–H and O–H groups in total. The van der Waals surface area contributed by atoms with Crippen LogP contribution in [0.2, 0.25) is 0 Å². The van der Waals surface area contributed by atoms with E-state index < -0.39 is 10.0 Å². The molecule has 3 rings (SSSR count). The third-order valence-electron chi connectivity index (χ3n) is 5.45. The van der Waals surface area contributed by atoms with E-state index in [0.29, 0.717) is 36.6 Å². The minimum Gasteiger partial charge on any atom is -0.486 e. The lowest BCUT2D eigenvalue weighted by Gasteiger charge is -2.28. The first-order chi connectivity index (χ1) is 14.0. The number of carbonyl (C=O) groups is 1. The van der Waals surface area contributed by atoms with Crippen LogP contribution in [-0.4, -0.2) is 41.1 Å². The molecular formula is C22H28N2O5S. The maximum absolute atomic E-state index is 12.8. The van der Waals surface area contributed by atoms with Crippen LogP contribution in [0.1, 0.15) is 40.9 Å². The van der Waals surface area contributed by atoms with Gasteiger partial charge in [0.15, 0.2) is 11.5 Å². The van der Waals surface area contributed by atoms with Crippen LogP contribution < -0.4 is 19.5 Å². The summed E-state index contributed by atoms with van der Waals surface area (Å²) in [5.41, 5.74) is 2.31. The number of ether oxygens (including phenoxy) is 2. The molecule has 0 aliphatic carbocycles. The van der Waals surface area contributed by atoms with Gasteiger partial charge in [-0.3, -0.25) is 4.79 Å². The fourth-order valence-electron chi connectivity index (χ4n) is 3.32. The molecular weight excluding hydrogens is 404 g/mol. The molecule has 2 aromatic carbocycles. The van der Waals surface area contributed by atoms with E-state index in [0.717, 1.165) is 16.9 Å². The van der Waals surface area contributed by atoms with Crippen molar-refractivity contribution >= 4 is 15.9 Å². The molecule has 0 fully saturated rings. The number of benzene rings is 2. The van der Waals surface area contributed by atoms with E-state index in [1.54, 1.807) is 19.9 Å². The van der Waals surface area contributed by atoms with E-state index in [1.165, 1.54) is 13.1 Å². The summed E-state index contributed by atoms with van der Waals surface area (Å²) < 4.78 is 38.1. The van der Waals surface area contributed by atoms with Crippen molar-refractivity contribution in [1.29, 1.82) is 0 Å². The number of hydrogen-bond acceptors (Lipinski definition) is 5. The number of aryl methyl sites for hydroxylation is 1. The highest BCUT2D eigenvalue weighted by Crippen LogP contribution is 2.35. The van der Waals surface area contributed by atoms with Crippen LogP contribution >= 0.6 is 0 Å². The Morgan fingerprint density at radius 1 is 1.07 bits per heavy atom. The van der Waals surface area contributed by atoms with Crippen molar-refractivity contribution in [3.63, 3.8) is 0 Å². The number of fused-ring (bicyclic) bond motifs is 1. The van der Waals surface area contributed by atoms with E-state index in [-0.39, 0.29) is 16.2 Å². The second kappa shape index (κ2) is 8.28. The van der Waals surface area contributed by atoms with Crippen LogP contribution in [0.5, 0.6) is 11.5 Å². The van der Waals surface area contributed by atoms with Gasteiger partial charge < -0.3 is 14.8 Å². The fourth-order valence-corrected chi connectivity index (χ4v) is 4.38. The molecule has 0 atom stereocenters. The van der Waals surface area contributed by atoms with Gasteiger partial charge in [0.2, 0.25) is 10.0 Å². The average Bonchev–Trinajstić information content (AvgIpc) is 2.73.